The van der Waals surface area contributed by atoms with Crippen molar-refractivity contribution < 1.29 is 0 Å². The summed E-state index contributed by atoms with van der Waals surface area (Å²) in [7, 11) is 0. The fourth-order valence-electron chi connectivity index (χ4n) is 1.60. The molecule has 0 bridgehead atoms. The molecule has 0 radical (unpaired) electrons. The van der Waals surface area contributed by atoms with Crippen LogP contribution in [0.4, 0.5) is 0 Å². The van der Waals surface area contributed by atoms with Crippen LogP contribution in [0.2, 0.25) is 0 Å². The van der Waals surface area contributed by atoms with Crippen molar-refractivity contribution >= 4 is 0 Å². The highest BCUT2D eigenvalue weighted by Gasteiger charge is 2.09. The van der Waals surface area contributed by atoms with Gasteiger partial charge in [-0.15, -0.1) is 5.10 Å². The van der Waals surface area contributed by atoms with Gasteiger partial charge in [0.15, 0.2) is 0 Å². The maximum Gasteiger partial charge on any atom is 0.271 e. The molecule has 0 aliphatic heterocycles. The maximum absolute atomic E-state index is 4.39. The summed E-state index contributed by atoms with van der Waals surface area (Å²) in [5, 5.41) is 8.39. The number of hydrogen-bond donors (Lipinski definition) is 0. The van der Waals surface area contributed by atoms with Gasteiger partial charge in [-0.2, -0.15) is 14.8 Å². The molecule has 0 aliphatic rings. The second-order valence-electron chi connectivity index (χ2n) is 3.55. The minimum Gasteiger partial charge on any atom is -0.223 e. The number of para-hydroxylation sites is 1. The van der Waals surface area contributed by atoms with Crippen LogP contribution in [0.15, 0.2) is 43.0 Å². The molecule has 0 unspecified atom stereocenters. The van der Waals surface area contributed by atoms with Crippen LogP contribution in [0, 0.1) is 6.92 Å². The lowest BCUT2D eigenvalue weighted by Crippen LogP contribution is -2.00. The SMILES string of the molecule is Cc1nc(-n2cncn2)nn1-c1ccccc1. The Kier molecular flexibility index (Phi) is 2.18. The van der Waals surface area contributed by atoms with E-state index in [-0.39, 0.29) is 0 Å². The fourth-order valence-corrected chi connectivity index (χ4v) is 1.60. The summed E-state index contributed by atoms with van der Waals surface area (Å²) >= 11 is 0. The molecule has 0 amide bonds. The third-order valence-corrected chi connectivity index (χ3v) is 2.38. The number of benzene rings is 1. The van der Waals surface area contributed by atoms with Crippen LogP contribution in [-0.2, 0) is 0 Å². The van der Waals surface area contributed by atoms with Gasteiger partial charge >= 0.3 is 0 Å². The summed E-state index contributed by atoms with van der Waals surface area (Å²) in [4.78, 5) is 8.21. The second-order valence-corrected chi connectivity index (χ2v) is 3.55. The van der Waals surface area contributed by atoms with Crippen LogP contribution in [-0.4, -0.2) is 29.5 Å². The first-order valence-electron chi connectivity index (χ1n) is 5.19. The molecule has 17 heavy (non-hydrogen) atoms. The van der Waals surface area contributed by atoms with Gasteiger partial charge in [0.1, 0.15) is 18.5 Å². The topological polar surface area (TPSA) is 61.4 Å². The fraction of sp³-hybridized carbons (Fsp3) is 0.0909. The van der Waals surface area contributed by atoms with E-state index >= 15 is 0 Å². The molecule has 0 saturated heterocycles. The van der Waals surface area contributed by atoms with Crippen molar-refractivity contribution in [2.45, 2.75) is 6.92 Å². The molecule has 6 heteroatoms. The lowest BCUT2D eigenvalue weighted by atomic mass is 10.3. The van der Waals surface area contributed by atoms with E-state index in [1.165, 1.54) is 11.0 Å². The largest absolute Gasteiger partial charge is 0.271 e. The first-order chi connectivity index (χ1) is 8.34. The Labute approximate surface area is 97.6 Å². The Morgan fingerprint density at radius 1 is 1.12 bits per heavy atom. The predicted octanol–water partition coefficient (Wildman–Crippen LogP) is 1.16. The third-order valence-electron chi connectivity index (χ3n) is 2.38. The van der Waals surface area contributed by atoms with E-state index in [9.17, 15) is 0 Å². The molecule has 1 aromatic carbocycles. The van der Waals surface area contributed by atoms with Crippen molar-refractivity contribution in [1.29, 1.82) is 0 Å². The van der Waals surface area contributed by atoms with Crippen molar-refractivity contribution in [1.82, 2.24) is 29.5 Å². The molecule has 0 spiro atoms. The average Bonchev–Trinajstić information content (AvgIpc) is 2.99. The zero-order valence-electron chi connectivity index (χ0n) is 9.22. The van der Waals surface area contributed by atoms with E-state index in [4.69, 9.17) is 0 Å². The summed E-state index contributed by atoms with van der Waals surface area (Å²) in [6.45, 7) is 1.90. The molecule has 6 nitrogen and oxygen atoms in total. The number of nitrogens with zero attached hydrogens (tertiary/aromatic N) is 6. The molecule has 3 aromatic rings. The highest BCUT2D eigenvalue weighted by molar-refractivity contribution is 5.31. The summed E-state index contributed by atoms with van der Waals surface area (Å²) in [6.07, 6.45) is 3.03. The Hall–Kier alpha value is -2.50. The van der Waals surface area contributed by atoms with Crippen molar-refractivity contribution in [2.75, 3.05) is 0 Å². The molecule has 84 valence electrons. The lowest BCUT2D eigenvalue weighted by molar-refractivity contribution is 0.779. The van der Waals surface area contributed by atoms with Crippen molar-refractivity contribution in [3.63, 3.8) is 0 Å². The van der Waals surface area contributed by atoms with Crippen LogP contribution in [0.3, 0.4) is 0 Å². The zero-order valence-corrected chi connectivity index (χ0v) is 9.22. The normalized spacial score (nSPS) is 10.6. The van der Waals surface area contributed by atoms with Gasteiger partial charge in [-0.1, -0.05) is 18.2 Å². The molecule has 0 N–H and O–H groups in total. The monoisotopic (exact) mass is 226 g/mol. The summed E-state index contributed by atoms with van der Waals surface area (Å²) in [6, 6.07) is 9.85. The van der Waals surface area contributed by atoms with Gasteiger partial charge in [0.25, 0.3) is 5.95 Å². The van der Waals surface area contributed by atoms with Crippen LogP contribution in [0.5, 0.6) is 0 Å². The Bertz CT molecular complexity index is 611. The molecule has 2 aromatic heterocycles. The summed E-state index contributed by atoms with van der Waals surface area (Å²) in [5.74, 6) is 1.32. The Morgan fingerprint density at radius 2 is 1.94 bits per heavy atom. The second kappa shape index (κ2) is 3.82. The molecule has 3 rings (SSSR count). The Morgan fingerprint density at radius 3 is 2.65 bits per heavy atom. The number of hydrogen-bond acceptors (Lipinski definition) is 4. The van der Waals surface area contributed by atoms with Crippen LogP contribution in [0.1, 0.15) is 5.82 Å². The molecule has 0 atom stereocenters. The first-order valence-corrected chi connectivity index (χ1v) is 5.19. The number of rotatable bonds is 2. The lowest BCUT2D eigenvalue weighted by Gasteiger charge is -2.00. The molecule has 0 aliphatic carbocycles. The van der Waals surface area contributed by atoms with Gasteiger partial charge in [0.05, 0.1) is 5.69 Å². The summed E-state index contributed by atoms with van der Waals surface area (Å²) in [5.41, 5.74) is 0.976. The quantitative estimate of drug-likeness (QED) is 0.657. The molecule has 0 fully saturated rings. The van der Waals surface area contributed by atoms with E-state index in [0.29, 0.717) is 5.95 Å². The smallest absolute Gasteiger partial charge is 0.223 e. The molecule has 2 heterocycles. The standard InChI is InChI=1S/C11H10N6/c1-9-14-11(16-8-12-7-13-16)15-17(9)10-5-3-2-4-6-10/h2-8H,1H3. The number of aromatic nitrogens is 6. The van der Waals surface area contributed by atoms with Crippen LogP contribution >= 0.6 is 0 Å². The van der Waals surface area contributed by atoms with Gasteiger partial charge in [0.2, 0.25) is 0 Å². The number of aryl methyl sites for hydroxylation is 1. The zero-order chi connectivity index (χ0) is 11.7. The van der Waals surface area contributed by atoms with Gasteiger partial charge in [-0.25, -0.2) is 9.67 Å². The van der Waals surface area contributed by atoms with Gasteiger partial charge in [0, 0.05) is 0 Å². The van der Waals surface area contributed by atoms with E-state index in [1.807, 2.05) is 37.3 Å². The van der Waals surface area contributed by atoms with Crippen molar-refractivity contribution in [2.24, 2.45) is 0 Å². The van der Waals surface area contributed by atoms with Crippen molar-refractivity contribution in [3.05, 3.63) is 48.8 Å². The van der Waals surface area contributed by atoms with Gasteiger partial charge in [-0.05, 0) is 19.1 Å². The van der Waals surface area contributed by atoms with Crippen LogP contribution < -0.4 is 0 Å². The Balaban J connectivity index is 2.08. The van der Waals surface area contributed by atoms with Gasteiger partial charge < -0.3 is 0 Å². The van der Waals surface area contributed by atoms with Gasteiger partial charge in [-0.3, -0.25) is 0 Å². The van der Waals surface area contributed by atoms with Crippen molar-refractivity contribution in [3.8, 4) is 11.6 Å². The highest BCUT2D eigenvalue weighted by Crippen LogP contribution is 2.09. The molecular weight excluding hydrogens is 216 g/mol. The maximum atomic E-state index is 4.39. The molecule has 0 saturated carbocycles. The minimum absolute atomic E-state index is 0.517. The molecular formula is C11H10N6. The van der Waals surface area contributed by atoms with E-state index in [2.05, 4.69) is 20.2 Å². The first kappa shape index (κ1) is 9.71. The summed E-state index contributed by atoms with van der Waals surface area (Å²) < 4.78 is 3.31. The third kappa shape index (κ3) is 1.69. The highest BCUT2D eigenvalue weighted by atomic mass is 15.5. The predicted molar refractivity (Wildman–Crippen MR) is 61.0 cm³/mol. The minimum atomic E-state index is 0.517. The van der Waals surface area contributed by atoms with E-state index < -0.39 is 0 Å². The average molecular weight is 226 g/mol. The van der Waals surface area contributed by atoms with E-state index in [1.54, 1.807) is 11.0 Å². The van der Waals surface area contributed by atoms with Crippen LogP contribution in [0.25, 0.3) is 11.6 Å². The van der Waals surface area contributed by atoms with E-state index in [0.717, 1.165) is 11.5 Å².